The Balaban J connectivity index is 2.21. The number of hydrazine groups is 1. The normalized spacial score (nSPS) is 12.4. The van der Waals surface area contributed by atoms with Crippen LogP contribution in [0, 0.1) is 12.7 Å². The number of nitrogens with one attached hydrogen (secondary N) is 1. The Labute approximate surface area is 117 Å². The molecule has 0 fully saturated rings. The molecule has 0 aliphatic rings. The lowest BCUT2D eigenvalue weighted by Gasteiger charge is -2.17. The van der Waals surface area contributed by atoms with E-state index in [0.717, 1.165) is 11.1 Å². The van der Waals surface area contributed by atoms with Crippen LogP contribution in [0.2, 0.25) is 5.02 Å². The molecule has 0 amide bonds. The average Bonchev–Trinajstić information content (AvgIpc) is 2.40. The molecule has 0 radical (unpaired) electrons. The number of nitrogens with two attached hydrogens (primary N) is 1. The van der Waals surface area contributed by atoms with Gasteiger partial charge in [0.25, 0.3) is 0 Å². The second-order valence-corrected chi connectivity index (χ2v) is 4.99. The van der Waals surface area contributed by atoms with Crippen molar-refractivity contribution in [3.8, 4) is 0 Å². The summed E-state index contributed by atoms with van der Waals surface area (Å²) < 4.78 is 13.4. The maximum Gasteiger partial charge on any atom is 0.142 e. The van der Waals surface area contributed by atoms with E-state index in [1.807, 2.05) is 31.2 Å². The molecule has 0 aliphatic heterocycles. The number of rotatable bonds is 4. The number of benzene rings is 2. The van der Waals surface area contributed by atoms with Gasteiger partial charge in [-0.05, 0) is 36.6 Å². The van der Waals surface area contributed by atoms with Crippen LogP contribution in [0.1, 0.15) is 22.7 Å². The number of hydrogen-bond acceptors (Lipinski definition) is 2. The van der Waals surface area contributed by atoms with Crippen molar-refractivity contribution >= 4 is 11.6 Å². The third kappa shape index (κ3) is 3.53. The zero-order chi connectivity index (χ0) is 13.8. The maximum atomic E-state index is 13.4. The highest BCUT2D eigenvalue weighted by Crippen LogP contribution is 2.22. The van der Waals surface area contributed by atoms with Crippen LogP contribution in [0.4, 0.5) is 4.39 Å². The molecule has 4 heteroatoms. The van der Waals surface area contributed by atoms with Gasteiger partial charge in [0, 0.05) is 6.04 Å². The first kappa shape index (κ1) is 14.0. The molecule has 0 spiro atoms. The van der Waals surface area contributed by atoms with Crippen LogP contribution in [0.5, 0.6) is 0 Å². The largest absolute Gasteiger partial charge is 0.271 e. The summed E-state index contributed by atoms with van der Waals surface area (Å²) in [6.45, 7) is 2.03. The van der Waals surface area contributed by atoms with E-state index in [2.05, 4.69) is 11.5 Å². The Bertz CT molecular complexity index is 572. The summed E-state index contributed by atoms with van der Waals surface area (Å²) >= 11 is 5.67. The van der Waals surface area contributed by atoms with Gasteiger partial charge in [0.1, 0.15) is 5.82 Å². The van der Waals surface area contributed by atoms with Crippen molar-refractivity contribution in [1.29, 1.82) is 0 Å². The molecule has 2 aromatic carbocycles. The van der Waals surface area contributed by atoms with E-state index in [4.69, 9.17) is 17.4 Å². The smallest absolute Gasteiger partial charge is 0.142 e. The molecule has 2 nitrogen and oxygen atoms in total. The lowest BCUT2D eigenvalue weighted by atomic mass is 9.98. The summed E-state index contributed by atoms with van der Waals surface area (Å²) in [6.07, 6.45) is 0.605. The first-order valence-electron chi connectivity index (χ1n) is 6.07. The van der Waals surface area contributed by atoms with Crippen molar-refractivity contribution in [2.45, 2.75) is 19.4 Å². The SMILES string of the molecule is Cc1cccc(C(Cc2ccc(Cl)c(F)c2)NN)c1. The second-order valence-electron chi connectivity index (χ2n) is 4.59. The van der Waals surface area contributed by atoms with E-state index in [1.54, 1.807) is 6.07 Å². The summed E-state index contributed by atoms with van der Waals surface area (Å²) in [5.74, 6) is 5.20. The lowest BCUT2D eigenvalue weighted by Crippen LogP contribution is -2.29. The van der Waals surface area contributed by atoms with Crippen LogP contribution in [-0.2, 0) is 6.42 Å². The minimum atomic E-state index is -0.404. The van der Waals surface area contributed by atoms with Gasteiger partial charge >= 0.3 is 0 Å². The molecule has 1 atom stereocenters. The van der Waals surface area contributed by atoms with E-state index in [0.29, 0.717) is 6.42 Å². The minimum Gasteiger partial charge on any atom is -0.271 e. The Kier molecular flexibility index (Phi) is 4.53. The number of aryl methyl sites for hydroxylation is 1. The topological polar surface area (TPSA) is 38.0 Å². The van der Waals surface area contributed by atoms with E-state index in [1.165, 1.54) is 11.6 Å². The molecule has 0 bridgehead atoms. The van der Waals surface area contributed by atoms with Gasteiger partial charge in [-0.3, -0.25) is 11.3 Å². The summed E-state index contributed by atoms with van der Waals surface area (Å²) in [4.78, 5) is 0. The predicted octanol–water partition coefficient (Wildman–Crippen LogP) is 3.53. The third-order valence-corrected chi connectivity index (χ3v) is 3.38. The van der Waals surface area contributed by atoms with Gasteiger partial charge in [-0.2, -0.15) is 0 Å². The van der Waals surface area contributed by atoms with Crippen molar-refractivity contribution in [2.24, 2.45) is 5.84 Å². The molecule has 2 aromatic rings. The van der Waals surface area contributed by atoms with Gasteiger partial charge in [0.05, 0.1) is 5.02 Å². The van der Waals surface area contributed by atoms with Gasteiger partial charge in [0.15, 0.2) is 0 Å². The van der Waals surface area contributed by atoms with Crippen molar-refractivity contribution in [3.05, 3.63) is 70.0 Å². The van der Waals surface area contributed by atoms with Gasteiger partial charge < -0.3 is 0 Å². The monoisotopic (exact) mass is 278 g/mol. The zero-order valence-corrected chi connectivity index (χ0v) is 11.4. The highest BCUT2D eigenvalue weighted by molar-refractivity contribution is 6.30. The Morgan fingerprint density at radius 3 is 2.68 bits per heavy atom. The average molecular weight is 279 g/mol. The predicted molar refractivity (Wildman–Crippen MR) is 76.4 cm³/mol. The molecule has 2 rings (SSSR count). The van der Waals surface area contributed by atoms with Crippen LogP contribution in [0.3, 0.4) is 0 Å². The Hall–Kier alpha value is -1.42. The van der Waals surface area contributed by atoms with E-state index in [9.17, 15) is 4.39 Å². The highest BCUT2D eigenvalue weighted by Gasteiger charge is 2.11. The molecule has 0 saturated heterocycles. The fourth-order valence-corrected chi connectivity index (χ4v) is 2.18. The number of halogens is 2. The highest BCUT2D eigenvalue weighted by atomic mass is 35.5. The van der Waals surface area contributed by atoms with Crippen LogP contribution in [-0.4, -0.2) is 0 Å². The summed E-state index contributed by atoms with van der Waals surface area (Å²) in [6, 6.07) is 12.8. The van der Waals surface area contributed by atoms with Gasteiger partial charge in [0.2, 0.25) is 0 Å². The first-order chi connectivity index (χ1) is 9.10. The molecular formula is C15H16ClFN2. The van der Waals surface area contributed by atoms with E-state index < -0.39 is 5.82 Å². The second kappa shape index (κ2) is 6.15. The molecule has 1 unspecified atom stereocenters. The molecule has 0 aliphatic carbocycles. The van der Waals surface area contributed by atoms with Crippen molar-refractivity contribution in [3.63, 3.8) is 0 Å². The standard InChI is InChI=1S/C15H16ClFN2/c1-10-3-2-4-12(7-10)15(19-18)9-11-5-6-13(16)14(17)8-11/h2-8,15,19H,9,18H2,1H3. The van der Waals surface area contributed by atoms with Crippen LogP contribution >= 0.6 is 11.6 Å². The lowest BCUT2D eigenvalue weighted by molar-refractivity contribution is 0.548. The molecule has 100 valence electrons. The van der Waals surface area contributed by atoms with Crippen LogP contribution in [0.25, 0.3) is 0 Å². The van der Waals surface area contributed by atoms with Crippen molar-refractivity contribution in [1.82, 2.24) is 5.43 Å². The van der Waals surface area contributed by atoms with Crippen LogP contribution < -0.4 is 11.3 Å². The molecular weight excluding hydrogens is 263 g/mol. The van der Waals surface area contributed by atoms with Gasteiger partial charge in [-0.25, -0.2) is 4.39 Å². The van der Waals surface area contributed by atoms with Crippen molar-refractivity contribution in [2.75, 3.05) is 0 Å². The van der Waals surface area contributed by atoms with Gasteiger partial charge in [-0.1, -0.05) is 47.5 Å². The first-order valence-corrected chi connectivity index (χ1v) is 6.44. The van der Waals surface area contributed by atoms with Crippen molar-refractivity contribution < 1.29 is 4.39 Å². The molecule has 0 heterocycles. The zero-order valence-electron chi connectivity index (χ0n) is 10.7. The summed E-state index contributed by atoms with van der Waals surface area (Å²) in [5.41, 5.74) is 5.87. The van der Waals surface area contributed by atoms with Gasteiger partial charge in [-0.15, -0.1) is 0 Å². The number of hydrogen-bond donors (Lipinski definition) is 2. The fraction of sp³-hybridized carbons (Fsp3) is 0.200. The molecule has 0 saturated carbocycles. The van der Waals surface area contributed by atoms with Crippen LogP contribution in [0.15, 0.2) is 42.5 Å². The Morgan fingerprint density at radius 1 is 1.26 bits per heavy atom. The quantitative estimate of drug-likeness (QED) is 0.663. The molecule has 0 aromatic heterocycles. The maximum absolute atomic E-state index is 13.4. The minimum absolute atomic E-state index is 0.0551. The van der Waals surface area contributed by atoms with E-state index >= 15 is 0 Å². The third-order valence-electron chi connectivity index (χ3n) is 3.07. The summed E-state index contributed by atoms with van der Waals surface area (Å²) in [7, 11) is 0. The molecule has 19 heavy (non-hydrogen) atoms. The molecule has 3 N–H and O–H groups in total. The fourth-order valence-electron chi connectivity index (χ4n) is 2.06. The van der Waals surface area contributed by atoms with E-state index in [-0.39, 0.29) is 11.1 Å². The summed E-state index contributed by atoms with van der Waals surface area (Å²) in [5, 5.41) is 0.136. The Morgan fingerprint density at radius 2 is 2.05 bits per heavy atom.